The second kappa shape index (κ2) is 7.00. The van der Waals surface area contributed by atoms with Crippen LogP contribution in [0.4, 0.5) is 0 Å². The van der Waals surface area contributed by atoms with Crippen molar-refractivity contribution in [1.82, 2.24) is 9.80 Å². The third kappa shape index (κ3) is 2.83. The third-order valence-electron chi connectivity index (χ3n) is 9.69. The van der Waals surface area contributed by atoms with Crippen molar-refractivity contribution >= 4 is 6.41 Å². The van der Waals surface area contributed by atoms with Crippen LogP contribution in [0.1, 0.15) is 65.7 Å². The Labute approximate surface area is 172 Å². The highest BCUT2D eigenvalue weighted by molar-refractivity contribution is 5.52. The Hall–Kier alpha value is -1.09. The van der Waals surface area contributed by atoms with Gasteiger partial charge in [0.25, 0.3) is 0 Å². The molecule has 28 heavy (non-hydrogen) atoms. The SMILES string of the molecule is CC(C1=CC=C2[C@@H]3CCC4CC(N(C)C)CC[C@]4(C)C3CC[C@]12C)N(C)C=O. The molecule has 3 nitrogen and oxygen atoms in total. The summed E-state index contributed by atoms with van der Waals surface area (Å²) >= 11 is 0. The molecule has 0 spiro atoms. The average molecular weight is 385 g/mol. The molecule has 1 amide bonds. The maximum atomic E-state index is 11.3. The Kier molecular flexibility index (Phi) is 5.05. The van der Waals surface area contributed by atoms with E-state index in [1.807, 2.05) is 11.9 Å². The van der Waals surface area contributed by atoms with E-state index in [4.69, 9.17) is 0 Å². The summed E-state index contributed by atoms with van der Waals surface area (Å²) < 4.78 is 0. The van der Waals surface area contributed by atoms with Crippen molar-refractivity contribution in [2.75, 3.05) is 21.1 Å². The monoisotopic (exact) mass is 384 g/mol. The lowest BCUT2D eigenvalue weighted by Gasteiger charge is -2.60. The maximum Gasteiger partial charge on any atom is 0.209 e. The number of hydrogen-bond acceptors (Lipinski definition) is 2. The summed E-state index contributed by atoms with van der Waals surface area (Å²) in [5.74, 6) is 2.49. The summed E-state index contributed by atoms with van der Waals surface area (Å²) in [5, 5.41) is 0. The Balaban J connectivity index is 1.56. The summed E-state index contributed by atoms with van der Waals surface area (Å²) in [4.78, 5) is 15.6. The van der Waals surface area contributed by atoms with E-state index >= 15 is 0 Å². The third-order valence-corrected chi connectivity index (χ3v) is 9.69. The summed E-state index contributed by atoms with van der Waals surface area (Å²) in [7, 11) is 6.44. The van der Waals surface area contributed by atoms with Gasteiger partial charge in [0.1, 0.15) is 0 Å². The van der Waals surface area contributed by atoms with Crippen LogP contribution in [0, 0.1) is 28.6 Å². The zero-order chi connectivity index (χ0) is 20.3. The first kappa shape index (κ1) is 20.2. The van der Waals surface area contributed by atoms with E-state index in [0.29, 0.717) is 5.41 Å². The van der Waals surface area contributed by atoms with E-state index in [0.717, 1.165) is 30.2 Å². The van der Waals surface area contributed by atoms with E-state index in [1.165, 1.54) is 50.5 Å². The minimum Gasteiger partial charge on any atom is -0.342 e. The minimum absolute atomic E-state index is 0.169. The highest BCUT2D eigenvalue weighted by Gasteiger charge is 2.56. The molecule has 0 aromatic carbocycles. The van der Waals surface area contributed by atoms with E-state index in [-0.39, 0.29) is 11.5 Å². The normalized spacial score (nSPS) is 43.4. The Morgan fingerprint density at radius 1 is 1.07 bits per heavy atom. The average Bonchev–Trinajstić information content (AvgIpc) is 3.03. The number of likely N-dealkylation sites (N-methyl/N-ethyl adjacent to an activating group) is 1. The van der Waals surface area contributed by atoms with Crippen molar-refractivity contribution in [2.45, 2.75) is 77.8 Å². The number of carbonyl (C=O) groups is 1. The molecule has 0 aromatic rings. The minimum atomic E-state index is 0.169. The van der Waals surface area contributed by atoms with Crippen LogP contribution in [0.25, 0.3) is 0 Å². The van der Waals surface area contributed by atoms with E-state index in [2.05, 4.69) is 51.9 Å². The van der Waals surface area contributed by atoms with Crippen LogP contribution in [0.3, 0.4) is 0 Å². The van der Waals surface area contributed by atoms with Crippen molar-refractivity contribution in [3.05, 3.63) is 23.3 Å². The largest absolute Gasteiger partial charge is 0.342 e. The van der Waals surface area contributed by atoms with Gasteiger partial charge in [0, 0.05) is 18.5 Å². The molecule has 4 aliphatic rings. The molecular weight excluding hydrogens is 344 g/mol. The molecule has 156 valence electrons. The van der Waals surface area contributed by atoms with Gasteiger partial charge in [-0.2, -0.15) is 0 Å². The molecule has 3 saturated carbocycles. The number of fused-ring (bicyclic) bond motifs is 5. The van der Waals surface area contributed by atoms with Crippen molar-refractivity contribution in [3.8, 4) is 0 Å². The predicted molar refractivity (Wildman–Crippen MR) is 116 cm³/mol. The van der Waals surface area contributed by atoms with Crippen molar-refractivity contribution in [1.29, 1.82) is 0 Å². The molecular formula is C25H40N2O. The Morgan fingerprint density at radius 2 is 1.82 bits per heavy atom. The lowest BCUT2D eigenvalue weighted by Crippen LogP contribution is -2.53. The van der Waals surface area contributed by atoms with Gasteiger partial charge in [-0.05, 0) is 94.7 Å². The number of amides is 1. The van der Waals surface area contributed by atoms with Crippen LogP contribution in [0.5, 0.6) is 0 Å². The van der Waals surface area contributed by atoms with Crippen LogP contribution in [0.2, 0.25) is 0 Å². The highest BCUT2D eigenvalue weighted by atomic mass is 16.1. The summed E-state index contributed by atoms with van der Waals surface area (Å²) in [6.45, 7) is 7.28. The predicted octanol–water partition coefficient (Wildman–Crippen LogP) is 4.89. The van der Waals surface area contributed by atoms with E-state index in [1.54, 1.807) is 5.57 Å². The maximum absolute atomic E-state index is 11.3. The molecule has 4 aliphatic carbocycles. The smallest absolute Gasteiger partial charge is 0.209 e. The molecule has 4 rings (SSSR count). The van der Waals surface area contributed by atoms with Crippen LogP contribution in [-0.2, 0) is 4.79 Å². The van der Waals surface area contributed by atoms with Gasteiger partial charge < -0.3 is 9.80 Å². The quantitative estimate of drug-likeness (QED) is 0.644. The fourth-order valence-corrected chi connectivity index (χ4v) is 7.64. The first-order chi connectivity index (χ1) is 13.2. The molecule has 0 saturated heterocycles. The first-order valence-corrected chi connectivity index (χ1v) is 11.5. The summed E-state index contributed by atoms with van der Waals surface area (Å²) in [6, 6.07) is 0.970. The van der Waals surface area contributed by atoms with E-state index < -0.39 is 0 Å². The second-order valence-electron chi connectivity index (χ2n) is 10.9. The molecule has 0 N–H and O–H groups in total. The fourth-order valence-electron chi connectivity index (χ4n) is 7.64. The summed E-state index contributed by atoms with van der Waals surface area (Å²) in [5.41, 5.74) is 3.84. The second-order valence-corrected chi connectivity index (χ2v) is 10.9. The molecule has 4 unspecified atom stereocenters. The molecule has 0 bridgehead atoms. The van der Waals surface area contributed by atoms with Gasteiger partial charge >= 0.3 is 0 Å². The molecule has 0 radical (unpaired) electrons. The standard InChI is InChI=1S/C25H40N2O/c1-17(27(6)16-28)21-9-10-22-20-8-7-18-15-19(26(4)5)11-13-24(18,2)23(20)12-14-25(21,22)3/h9-10,16-20,23H,7-8,11-15H2,1-6H3/t17?,18?,19?,20-,23?,24-,25+/m0/s1. The number of hydrogen-bond donors (Lipinski definition) is 0. The highest BCUT2D eigenvalue weighted by Crippen LogP contribution is 2.65. The van der Waals surface area contributed by atoms with Crippen LogP contribution < -0.4 is 0 Å². The fraction of sp³-hybridized carbons (Fsp3) is 0.800. The first-order valence-electron chi connectivity index (χ1n) is 11.5. The Morgan fingerprint density at radius 3 is 2.50 bits per heavy atom. The number of nitrogens with zero attached hydrogens (tertiary/aromatic N) is 2. The van der Waals surface area contributed by atoms with Crippen LogP contribution in [-0.4, -0.2) is 49.4 Å². The zero-order valence-corrected chi connectivity index (χ0v) is 18.9. The molecule has 0 aliphatic heterocycles. The van der Waals surface area contributed by atoms with Gasteiger partial charge in [0.05, 0.1) is 6.04 Å². The molecule has 7 atom stereocenters. The molecule has 3 fully saturated rings. The van der Waals surface area contributed by atoms with Crippen molar-refractivity contribution in [2.24, 2.45) is 28.6 Å². The van der Waals surface area contributed by atoms with Gasteiger partial charge in [-0.3, -0.25) is 4.79 Å². The number of rotatable bonds is 4. The molecule has 0 aromatic heterocycles. The van der Waals surface area contributed by atoms with Crippen molar-refractivity contribution in [3.63, 3.8) is 0 Å². The number of allylic oxidation sites excluding steroid dienone is 3. The lowest BCUT2D eigenvalue weighted by atomic mass is 9.45. The van der Waals surface area contributed by atoms with Gasteiger partial charge in [0.2, 0.25) is 6.41 Å². The van der Waals surface area contributed by atoms with Crippen LogP contribution in [0.15, 0.2) is 23.3 Å². The zero-order valence-electron chi connectivity index (χ0n) is 18.9. The van der Waals surface area contributed by atoms with Crippen molar-refractivity contribution < 1.29 is 4.79 Å². The Bertz CT molecular complexity index is 695. The summed E-state index contributed by atoms with van der Waals surface area (Å²) in [6.07, 6.45) is 15.3. The van der Waals surface area contributed by atoms with Gasteiger partial charge in [-0.1, -0.05) is 31.6 Å². The molecule has 3 heteroatoms. The van der Waals surface area contributed by atoms with Gasteiger partial charge in [-0.15, -0.1) is 0 Å². The van der Waals surface area contributed by atoms with Gasteiger partial charge in [-0.25, -0.2) is 0 Å². The number of carbonyl (C=O) groups excluding carboxylic acids is 1. The van der Waals surface area contributed by atoms with Gasteiger partial charge in [0.15, 0.2) is 0 Å². The molecule has 0 heterocycles. The topological polar surface area (TPSA) is 23.6 Å². The van der Waals surface area contributed by atoms with E-state index in [9.17, 15) is 4.79 Å². The lowest BCUT2D eigenvalue weighted by molar-refractivity contribution is -0.118. The van der Waals surface area contributed by atoms with Crippen LogP contribution >= 0.6 is 0 Å².